The third-order valence-electron chi connectivity index (χ3n) is 9.28. The van der Waals surface area contributed by atoms with E-state index in [9.17, 15) is 14.3 Å². The van der Waals surface area contributed by atoms with Crippen LogP contribution in [0, 0.1) is 17.2 Å². The maximum Gasteiger partial charge on any atom is 0.405 e. The molecule has 4 heterocycles. The number of anilines is 1. The van der Waals surface area contributed by atoms with E-state index in [1.165, 1.54) is 24.8 Å². The molecule has 6 rings (SSSR count). The lowest BCUT2D eigenvalue weighted by molar-refractivity contribution is -0.0355. The van der Waals surface area contributed by atoms with Gasteiger partial charge >= 0.3 is 6.09 Å². The number of ether oxygens (including phenoxy) is 1. The fourth-order valence-electron chi connectivity index (χ4n) is 6.90. The van der Waals surface area contributed by atoms with Gasteiger partial charge in [-0.05, 0) is 70.1 Å². The van der Waals surface area contributed by atoms with Gasteiger partial charge in [-0.25, -0.2) is 24.1 Å². The SMILES string of the molecule is CC(C)C(CCC(C)(C)NC(=O)O)N1CC2(CCN(c3ncnnc3Oc3ccc(F)cc3-c3cncnc3C3CC3)C2)C1. The van der Waals surface area contributed by atoms with E-state index in [2.05, 4.69) is 54.1 Å². The Morgan fingerprint density at radius 1 is 1.18 bits per heavy atom. The number of nitrogens with one attached hydrogen (secondary N) is 1. The third kappa shape index (κ3) is 6.45. The van der Waals surface area contributed by atoms with Gasteiger partial charge in [-0.3, -0.25) is 4.90 Å². The Kier molecular flexibility index (Phi) is 8.12. The van der Waals surface area contributed by atoms with Crippen LogP contribution in [0.3, 0.4) is 0 Å². The van der Waals surface area contributed by atoms with E-state index in [4.69, 9.17) is 4.74 Å². The number of aromatic nitrogens is 5. The fourth-order valence-corrected chi connectivity index (χ4v) is 6.90. The van der Waals surface area contributed by atoms with Crippen molar-refractivity contribution in [1.29, 1.82) is 0 Å². The second-order valence-corrected chi connectivity index (χ2v) is 13.7. The zero-order valence-electron chi connectivity index (χ0n) is 25.8. The smallest absolute Gasteiger partial charge is 0.405 e. The summed E-state index contributed by atoms with van der Waals surface area (Å²) in [7, 11) is 0. The van der Waals surface area contributed by atoms with E-state index in [0.29, 0.717) is 35.0 Å². The van der Waals surface area contributed by atoms with Crippen LogP contribution in [0.2, 0.25) is 0 Å². The highest BCUT2D eigenvalue weighted by atomic mass is 19.1. The van der Waals surface area contributed by atoms with E-state index in [-0.39, 0.29) is 17.1 Å². The molecule has 1 saturated carbocycles. The number of likely N-dealkylation sites (tertiary alicyclic amines) is 1. The van der Waals surface area contributed by atoms with Crippen LogP contribution >= 0.6 is 0 Å². The molecule has 0 bridgehead atoms. The van der Waals surface area contributed by atoms with Crippen molar-refractivity contribution in [2.75, 3.05) is 31.1 Å². The molecule has 11 nitrogen and oxygen atoms in total. The molecular formula is C32H41FN8O3. The monoisotopic (exact) mass is 604 g/mol. The van der Waals surface area contributed by atoms with Gasteiger partial charge in [0.15, 0.2) is 5.82 Å². The van der Waals surface area contributed by atoms with Gasteiger partial charge in [-0.15, -0.1) is 10.2 Å². The summed E-state index contributed by atoms with van der Waals surface area (Å²) >= 11 is 0. The van der Waals surface area contributed by atoms with Crippen LogP contribution in [0.1, 0.15) is 71.4 Å². The van der Waals surface area contributed by atoms with Crippen LogP contribution in [0.5, 0.6) is 11.6 Å². The number of halogens is 1. The molecule has 234 valence electrons. The molecule has 44 heavy (non-hydrogen) atoms. The highest BCUT2D eigenvalue weighted by Crippen LogP contribution is 2.47. The molecule has 2 saturated heterocycles. The first-order valence-corrected chi connectivity index (χ1v) is 15.5. The maximum atomic E-state index is 14.5. The molecule has 3 aromatic rings. The van der Waals surface area contributed by atoms with Gasteiger partial charge < -0.3 is 20.1 Å². The first-order chi connectivity index (χ1) is 21.0. The standard InChI is InChI=1S/C32H41FN8O3/c1-20(2)25(9-10-31(3,4)38-30(42)43)41-16-32(17-41)11-12-40(15-32)28-29(39-37-19-36-28)44-26-8-7-22(33)13-23(26)24-14-34-18-35-27(24)21-5-6-21/h7-8,13-14,18-21,25,38H,5-6,9-12,15-17H2,1-4H3,(H,42,43). The fraction of sp³-hybridized carbons (Fsp3) is 0.562. The summed E-state index contributed by atoms with van der Waals surface area (Å²) < 4.78 is 20.9. The van der Waals surface area contributed by atoms with Crippen LogP contribution in [0.4, 0.5) is 15.0 Å². The van der Waals surface area contributed by atoms with Gasteiger partial charge in [0.2, 0.25) is 0 Å². The Morgan fingerprint density at radius 2 is 1.98 bits per heavy atom. The van der Waals surface area contributed by atoms with Gasteiger partial charge in [-0.2, -0.15) is 0 Å². The Morgan fingerprint density at radius 3 is 2.70 bits per heavy atom. The van der Waals surface area contributed by atoms with Crippen molar-refractivity contribution in [3.63, 3.8) is 0 Å². The predicted octanol–water partition coefficient (Wildman–Crippen LogP) is 5.50. The summed E-state index contributed by atoms with van der Waals surface area (Å²) in [5.74, 6) is 1.80. The van der Waals surface area contributed by atoms with Crippen molar-refractivity contribution in [3.8, 4) is 22.8 Å². The highest BCUT2D eigenvalue weighted by Gasteiger charge is 2.50. The Balaban J connectivity index is 1.16. The minimum atomic E-state index is -0.986. The lowest BCUT2D eigenvalue weighted by Gasteiger charge is -2.53. The van der Waals surface area contributed by atoms with Gasteiger partial charge in [0.05, 0.1) is 5.69 Å². The number of carbonyl (C=O) groups is 1. The van der Waals surface area contributed by atoms with Crippen LogP contribution in [0.15, 0.2) is 37.1 Å². The van der Waals surface area contributed by atoms with E-state index in [1.54, 1.807) is 12.3 Å². The number of nitrogens with zero attached hydrogens (tertiary/aromatic N) is 7. The van der Waals surface area contributed by atoms with E-state index < -0.39 is 11.6 Å². The molecule has 2 N–H and O–H groups in total. The minimum Gasteiger partial charge on any atom is -0.465 e. The van der Waals surface area contributed by atoms with E-state index in [0.717, 1.165) is 69.5 Å². The first kappa shape index (κ1) is 30.1. The summed E-state index contributed by atoms with van der Waals surface area (Å²) in [5, 5.41) is 20.2. The summed E-state index contributed by atoms with van der Waals surface area (Å²) in [6.07, 6.45) is 8.54. The molecular weight excluding hydrogens is 563 g/mol. The van der Waals surface area contributed by atoms with Gasteiger partial charge in [0, 0.05) is 66.4 Å². The Bertz CT molecular complexity index is 1510. The van der Waals surface area contributed by atoms with Crippen LogP contribution < -0.4 is 15.0 Å². The number of hydrogen-bond donors (Lipinski definition) is 2. The lowest BCUT2D eigenvalue weighted by Crippen LogP contribution is -2.62. The zero-order chi connectivity index (χ0) is 31.1. The van der Waals surface area contributed by atoms with Gasteiger partial charge in [-0.1, -0.05) is 13.8 Å². The molecule has 1 spiro atoms. The second kappa shape index (κ2) is 11.9. The largest absolute Gasteiger partial charge is 0.465 e. The topological polar surface area (TPSA) is 129 Å². The van der Waals surface area contributed by atoms with Crippen molar-refractivity contribution in [3.05, 3.63) is 48.6 Å². The number of rotatable bonds is 11. The van der Waals surface area contributed by atoms with Crippen LogP contribution in [0.25, 0.3) is 11.1 Å². The maximum absolute atomic E-state index is 14.5. The number of hydrogen-bond acceptors (Lipinski definition) is 9. The predicted molar refractivity (Wildman–Crippen MR) is 163 cm³/mol. The summed E-state index contributed by atoms with van der Waals surface area (Å²) in [4.78, 5) is 29.3. The van der Waals surface area contributed by atoms with Crippen LogP contribution in [-0.4, -0.2) is 79.0 Å². The number of carboxylic acid groups (broad SMARTS) is 1. The van der Waals surface area contributed by atoms with E-state index >= 15 is 0 Å². The second-order valence-electron chi connectivity index (χ2n) is 13.7. The Labute approximate surface area is 257 Å². The van der Waals surface area contributed by atoms with Crippen molar-refractivity contribution < 1.29 is 19.0 Å². The molecule has 1 amide bonds. The van der Waals surface area contributed by atoms with Gasteiger partial charge in [0.1, 0.15) is 24.2 Å². The molecule has 2 aromatic heterocycles. The van der Waals surface area contributed by atoms with Gasteiger partial charge in [0.25, 0.3) is 5.88 Å². The molecule has 3 fully saturated rings. The summed E-state index contributed by atoms with van der Waals surface area (Å²) in [5.41, 5.74) is 1.92. The first-order valence-electron chi connectivity index (χ1n) is 15.5. The zero-order valence-corrected chi connectivity index (χ0v) is 25.8. The normalized spacial score (nSPS) is 18.8. The van der Waals surface area contributed by atoms with Crippen molar-refractivity contribution >= 4 is 11.9 Å². The van der Waals surface area contributed by atoms with Crippen molar-refractivity contribution in [2.24, 2.45) is 11.3 Å². The number of amides is 1. The minimum absolute atomic E-state index is 0.145. The molecule has 3 aliphatic rings. The lowest BCUT2D eigenvalue weighted by atomic mass is 9.76. The van der Waals surface area contributed by atoms with Crippen LogP contribution in [-0.2, 0) is 0 Å². The summed E-state index contributed by atoms with van der Waals surface area (Å²) in [6, 6.07) is 4.83. The molecule has 1 unspecified atom stereocenters. The number of benzene rings is 1. The van der Waals surface area contributed by atoms with Crippen molar-refractivity contribution in [1.82, 2.24) is 35.4 Å². The molecule has 0 radical (unpaired) electrons. The van der Waals surface area contributed by atoms with Crippen molar-refractivity contribution in [2.45, 2.75) is 77.3 Å². The highest BCUT2D eigenvalue weighted by molar-refractivity contribution is 5.73. The molecule has 1 atom stereocenters. The summed E-state index contributed by atoms with van der Waals surface area (Å²) in [6.45, 7) is 12.0. The quantitative estimate of drug-likeness (QED) is 0.289. The molecule has 12 heteroatoms. The third-order valence-corrected chi connectivity index (χ3v) is 9.28. The molecule has 1 aromatic carbocycles. The van der Waals surface area contributed by atoms with E-state index in [1.807, 2.05) is 13.8 Å². The molecule has 1 aliphatic carbocycles. The molecule has 2 aliphatic heterocycles. The average molecular weight is 605 g/mol. The average Bonchev–Trinajstić information content (AvgIpc) is 3.71. The Hall–Kier alpha value is -3.93.